The van der Waals surface area contributed by atoms with Crippen molar-refractivity contribution >= 4 is 11.6 Å². The minimum absolute atomic E-state index is 0.000269. The van der Waals surface area contributed by atoms with Gasteiger partial charge in [-0.25, -0.2) is 0 Å². The molecule has 0 amide bonds. The summed E-state index contributed by atoms with van der Waals surface area (Å²) in [5.41, 5.74) is 9.87. The maximum Gasteiger partial charge on any atom is 0.0511 e. The highest BCUT2D eigenvalue weighted by molar-refractivity contribution is 6.31. The van der Waals surface area contributed by atoms with E-state index >= 15 is 0 Å². The summed E-state index contributed by atoms with van der Waals surface area (Å²) in [6.45, 7) is 4.99. The van der Waals surface area contributed by atoms with Gasteiger partial charge in [-0.05, 0) is 38.1 Å². The Hall–Kier alpha value is -1.35. The zero-order chi connectivity index (χ0) is 15.4. The summed E-state index contributed by atoms with van der Waals surface area (Å²) in [6, 6.07) is 16.6. The van der Waals surface area contributed by atoms with Gasteiger partial charge in [-0.1, -0.05) is 59.6 Å². The fourth-order valence-corrected chi connectivity index (χ4v) is 3.08. The number of hydrogen-bond donors (Lipinski definition) is 1. The minimum atomic E-state index is -0.000269. The predicted octanol–water partition coefficient (Wildman–Crippen LogP) is 4.17. The van der Waals surface area contributed by atoms with Crippen LogP contribution in [0.1, 0.15) is 29.7 Å². The third-order valence-electron chi connectivity index (χ3n) is 3.71. The molecule has 2 rings (SSSR count). The normalized spacial score (nSPS) is 14.2. The average Bonchev–Trinajstić information content (AvgIpc) is 2.41. The number of likely N-dealkylation sites (N-methyl/N-ethyl adjacent to an activating group) is 1. The topological polar surface area (TPSA) is 29.3 Å². The molecule has 0 aromatic heterocycles. The van der Waals surface area contributed by atoms with Crippen molar-refractivity contribution in [3.8, 4) is 0 Å². The molecule has 112 valence electrons. The van der Waals surface area contributed by atoms with Crippen LogP contribution in [0, 0.1) is 6.92 Å². The molecule has 3 heteroatoms. The molecule has 0 fully saturated rings. The predicted molar refractivity (Wildman–Crippen MR) is 90.5 cm³/mol. The quantitative estimate of drug-likeness (QED) is 0.898. The van der Waals surface area contributed by atoms with E-state index < -0.39 is 0 Å². The largest absolute Gasteiger partial charge is 0.326 e. The first-order valence-corrected chi connectivity index (χ1v) is 7.62. The second-order valence-corrected chi connectivity index (χ2v) is 6.14. The van der Waals surface area contributed by atoms with Gasteiger partial charge >= 0.3 is 0 Å². The van der Waals surface area contributed by atoms with Gasteiger partial charge in [-0.15, -0.1) is 0 Å². The molecule has 21 heavy (non-hydrogen) atoms. The van der Waals surface area contributed by atoms with Gasteiger partial charge in [0.2, 0.25) is 0 Å². The number of hydrogen-bond acceptors (Lipinski definition) is 2. The standard InChI is InChI=1S/C18H23ClN2/c1-13-7-6-8-15(11-13)12-21(3)18(14(2)20)16-9-4-5-10-17(16)19/h4-11,14,18H,12,20H2,1-3H3. The van der Waals surface area contributed by atoms with Crippen molar-refractivity contribution in [1.29, 1.82) is 0 Å². The van der Waals surface area contributed by atoms with E-state index in [1.807, 2.05) is 25.1 Å². The molecule has 0 heterocycles. The van der Waals surface area contributed by atoms with Crippen LogP contribution in [0.15, 0.2) is 48.5 Å². The molecule has 0 aliphatic heterocycles. The summed E-state index contributed by atoms with van der Waals surface area (Å²) in [6.07, 6.45) is 0. The molecule has 2 aromatic carbocycles. The van der Waals surface area contributed by atoms with Crippen LogP contribution in [-0.4, -0.2) is 18.0 Å². The lowest BCUT2D eigenvalue weighted by Gasteiger charge is -2.32. The number of nitrogens with zero attached hydrogens (tertiary/aromatic N) is 1. The fraction of sp³-hybridized carbons (Fsp3) is 0.333. The second-order valence-electron chi connectivity index (χ2n) is 5.73. The molecule has 2 nitrogen and oxygen atoms in total. The maximum absolute atomic E-state index is 6.35. The van der Waals surface area contributed by atoms with Crippen LogP contribution in [0.4, 0.5) is 0 Å². The Bertz CT molecular complexity index is 595. The number of halogens is 1. The molecular formula is C18H23ClN2. The van der Waals surface area contributed by atoms with Gasteiger partial charge in [0, 0.05) is 17.6 Å². The summed E-state index contributed by atoms with van der Waals surface area (Å²) in [4.78, 5) is 2.26. The van der Waals surface area contributed by atoms with Gasteiger partial charge in [0.25, 0.3) is 0 Å². The van der Waals surface area contributed by atoms with Crippen molar-refractivity contribution < 1.29 is 0 Å². The van der Waals surface area contributed by atoms with Crippen molar-refractivity contribution in [2.45, 2.75) is 32.5 Å². The summed E-state index contributed by atoms with van der Waals surface area (Å²) >= 11 is 6.35. The van der Waals surface area contributed by atoms with Crippen LogP contribution in [0.2, 0.25) is 5.02 Å². The van der Waals surface area contributed by atoms with E-state index in [-0.39, 0.29) is 12.1 Å². The summed E-state index contributed by atoms with van der Waals surface area (Å²) in [5.74, 6) is 0. The molecular weight excluding hydrogens is 280 g/mol. The van der Waals surface area contributed by atoms with E-state index in [0.717, 1.165) is 17.1 Å². The van der Waals surface area contributed by atoms with Gasteiger partial charge < -0.3 is 5.73 Å². The van der Waals surface area contributed by atoms with Crippen molar-refractivity contribution in [2.24, 2.45) is 5.73 Å². The third-order valence-corrected chi connectivity index (χ3v) is 4.06. The molecule has 0 saturated heterocycles. The highest BCUT2D eigenvalue weighted by Crippen LogP contribution is 2.29. The Morgan fingerprint density at radius 2 is 1.86 bits per heavy atom. The number of nitrogens with two attached hydrogens (primary N) is 1. The monoisotopic (exact) mass is 302 g/mol. The molecule has 0 spiro atoms. The molecule has 2 atom stereocenters. The van der Waals surface area contributed by atoms with E-state index in [1.54, 1.807) is 0 Å². The lowest BCUT2D eigenvalue weighted by molar-refractivity contribution is 0.211. The summed E-state index contributed by atoms with van der Waals surface area (Å²) in [7, 11) is 2.10. The van der Waals surface area contributed by atoms with Crippen molar-refractivity contribution in [1.82, 2.24) is 4.90 Å². The summed E-state index contributed by atoms with van der Waals surface area (Å²) in [5, 5.41) is 0.774. The molecule has 0 aliphatic rings. The van der Waals surface area contributed by atoms with E-state index in [1.165, 1.54) is 11.1 Å². The first kappa shape index (κ1) is 16.0. The first-order valence-electron chi connectivity index (χ1n) is 7.25. The van der Waals surface area contributed by atoms with Crippen molar-refractivity contribution in [3.05, 3.63) is 70.2 Å². The molecule has 0 aliphatic carbocycles. The van der Waals surface area contributed by atoms with E-state index in [4.69, 9.17) is 17.3 Å². The van der Waals surface area contributed by atoms with Gasteiger partial charge in [-0.3, -0.25) is 4.90 Å². The van der Waals surface area contributed by atoms with E-state index in [0.29, 0.717) is 0 Å². The lowest BCUT2D eigenvalue weighted by atomic mass is 9.98. The van der Waals surface area contributed by atoms with Gasteiger partial charge in [0.15, 0.2) is 0 Å². The zero-order valence-electron chi connectivity index (χ0n) is 12.9. The molecule has 0 bridgehead atoms. The van der Waals surface area contributed by atoms with Crippen LogP contribution in [0.5, 0.6) is 0 Å². The Morgan fingerprint density at radius 1 is 1.14 bits per heavy atom. The van der Waals surface area contributed by atoms with Gasteiger partial charge in [0.05, 0.1) is 6.04 Å². The van der Waals surface area contributed by atoms with Crippen LogP contribution < -0.4 is 5.73 Å². The van der Waals surface area contributed by atoms with Gasteiger partial charge in [-0.2, -0.15) is 0 Å². The minimum Gasteiger partial charge on any atom is -0.326 e. The molecule has 2 unspecified atom stereocenters. The van der Waals surface area contributed by atoms with Crippen LogP contribution in [-0.2, 0) is 6.54 Å². The first-order chi connectivity index (χ1) is 9.99. The highest BCUT2D eigenvalue weighted by atomic mass is 35.5. The Labute approximate surface area is 132 Å². The summed E-state index contributed by atoms with van der Waals surface area (Å²) < 4.78 is 0. The van der Waals surface area contributed by atoms with Crippen molar-refractivity contribution in [2.75, 3.05) is 7.05 Å². The SMILES string of the molecule is Cc1cccc(CN(C)C(c2ccccc2Cl)C(C)N)c1. The smallest absolute Gasteiger partial charge is 0.0511 e. The maximum atomic E-state index is 6.35. The van der Waals surface area contributed by atoms with Gasteiger partial charge in [0.1, 0.15) is 0 Å². The fourth-order valence-electron chi connectivity index (χ4n) is 2.83. The zero-order valence-corrected chi connectivity index (χ0v) is 13.6. The Kier molecular flexibility index (Phi) is 5.40. The number of aryl methyl sites for hydroxylation is 1. The number of rotatable bonds is 5. The molecule has 2 N–H and O–H groups in total. The third kappa shape index (κ3) is 4.07. The average molecular weight is 303 g/mol. The van der Waals surface area contributed by atoms with Crippen molar-refractivity contribution in [3.63, 3.8) is 0 Å². The van der Waals surface area contributed by atoms with Crippen LogP contribution >= 0.6 is 11.6 Å². The molecule has 0 saturated carbocycles. The molecule has 0 radical (unpaired) electrons. The Morgan fingerprint density at radius 3 is 2.48 bits per heavy atom. The highest BCUT2D eigenvalue weighted by Gasteiger charge is 2.23. The molecule has 2 aromatic rings. The van der Waals surface area contributed by atoms with Crippen LogP contribution in [0.3, 0.4) is 0 Å². The lowest BCUT2D eigenvalue weighted by Crippen LogP contribution is -2.37. The Balaban J connectivity index is 2.24. The van der Waals surface area contributed by atoms with E-state index in [9.17, 15) is 0 Å². The van der Waals surface area contributed by atoms with Crippen LogP contribution in [0.25, 0.3) is 0 Å². The van der Waals surface area contributed by atoms with E-state index in [2.05, 4.69) is 49.2 Å². The number of benzene rings is 2. The second kappa shape index (κ2) is 7.08.